The molecule has 3 rings (SSSR count). The highest BCUT2D eigenvalue weighted by Gasteiger charge is 2.04. The van der Waals surface area contributed by atoms with Gasteiger partial charge in [-0.05, 0) is 51.1 Å². The zero-order chi connectivity index (χ0) is 14.8. The number of aliphatic hydroxyl groups excluding tert-OH is 1. The second-order valence-corrected chi connectivity index (χ2v) is 5.83. The summed E-state index contributed by atoms with van der Waals surface area (Å²) in [6.45, 7) is 4.53. The van der Waals surface area contributed by atoms with E-state index in [1.54, 1.807) is 0 Å². The number of hydrogen-bond donors (Lipinski definition) is 1. The van der Waals surface area contributed by atoms with Gasteiger partial charge in [0.1, 0.15) is 0 Å². The fourth-order valence-corrected chi connectivity index (χ4v) is 2.65. The number of hydrogen-bond acceptors (Lipinski definition) is 1. The molecule has 1 nitrogen and oxygen atoms in total. The minimum absolute atomic E-state index is 0.0914. The van der Waals surface area contributed by atoms with Crippen LogP contribution in [0.2, 0.25) is 0 Å². The number of aliphatic hydroxyl groups is 1. The first kappa shape index (κ1) is 13.8. The molecule has 3 aromatic carbocycles. The average Bonchev–Trinajstić information content (AvgIpc) is 2.54. The van der Waals surface area contributed by atoms with Crippen LogP contribution in [0.4, 0.5) is 0 Å². The van der Waals surface area contributed by atoms with E-state index in [-0.39, 0.29) is 6.61 Å². The molecule has 0 heterocycles. The Morgan fingerprint density at radius 1 is 0.810 bits per heavy atom. The third kappa shape index (κ3) is 2.84. The monoisotopic (exact) mass is 276 g/mol. The van der Waals surface area contributed by atoms with Gasteiger partial charge in [-0.15, -0.1) is 0 Å². The third-order valence-corrected chi connectivity index (χ3v) is 3.97. The predicted octanol–water partition coefficient (Wildman–Crippen LogP) is 5.12. The van der Waals surface area contributed by atoms with Crippen LogP contribution in [0.1, 0.15) is 30.9 Å². The van der Waals surface area contributed by atoms with E-state index in [0.29, 0.717) is 5.92 Å². The van der Waals surface area contributed by atoms with Gasteiger partial charge >= 0.3 is 0 Å². The van der Waals surface area contributed by atoms with E-state index >= 15 is 0 Å². The first-order valence-corrected chi connectivity index (χ1v) is 7.41. The standard InChI is InChI=1S/C20H20O/c1-14(2)16-4-3-5-17(11-16)20-9-8-18-10-15(13-21)6-7-19(18)12-20/h3-12,14,21H,13H2,1-2H3. The van der Waals surface area contributed by atoms with Crippen molar-refractivity contribution in [1.82, 2.24) is 0 Å². The zero-order valence-corrected chi connectivity index (χ0v) is 12.5. The molecule has 0 fully saturated rings. The van der Waals surface area contributed by atoms with Gasteiger partial charge in [0.05, 0.1) is 6.61 Å². The summed E-state index contributed by atoms with van der Waals surface area (Å²) in [5.74, 6) is 0.539. The van der Waals surface area contributed by atoms with E-state index < -0.39 is 0 Å². The van der Waals surface area contributed by atoms with Crippen LogP contribution in [-0.2, 0) is 6.61 Å². The number of fused-ring (bicyclic) bond motifs is 1. The number of rotatable bonds is 3. The Labute approximate surface area is 125 Å². The highest BCUT2D eigenvalue weighted by atomic mass is 16.3. The fourth-order valence-electron chi connectivity index (χ4n) is 2.65. The molecule has 0 aromatic heterocycles. The summed E-state index contributed by atoms with van der Waals surface area (Å²) in [5, 5.41) is 11.6. The Morgan fingerprint density at radius 3 is 2.29 bits per heavy atom. The van der Waals surface area contributed by atoms with Gasteiger partial charge in [0.25, 0.3) is 0 Å². The van der Waals surface area contributed by atoms with Crippen molar-refractivity contribution < 1.29 is 5.11 Å². The SMILES string of the molecule is CC(C)c1cccc(-c2ccc3cc(CO)ccc3c2)c1. The summed E-state index contributed by atoms with van der Waals surface area (Å²) in [4.78, 5) is 0. The molecule has 0 radical (unpaired) electrons. The molecule has 0 bridgehead atoms. The van der Waals surface area contributed by atoms with Crippen molar-refractivity contribution in [3.63, 3.8) is 0 Å². The van der Waals surface area contributed by atoms with Crippen molar-refractivity contribution in [1.29, 1.82) is 0 Å². The van der Waals surface area contributed by atoms with Crippen LogP contribution in [0.25, 0.3) is 21.9 Å². The Morgan fingerprint density at radius 2 is 1.52 bits per heavy atom. The van der Waals surface area contributed by atoms with E-state index in [2.05, 4.69) is 62.4 Å². The van der Waals surface area contributed by atoms with Gasteiger partial charge in [0.2, 0.25) is 0 Å². The van der Waals surface area contributed by atoms with E-state index in [1.165, 1.54) is 27.5 Å². The Bertz CT molecular complexity index is 772. The summed E-state index contributed by atoms with van der Waals surface area (Å²) < 4.78 is 0. The molecular weight excluding hydrogens is 256 g/mol. The highest BCUT2D eigenvalue weighted by Crippen LogP contribution is 2.27. The fraction of sp³-hybridized carbons (Fsp3) is 0.200. The molecule has 0 amide bonds. The van der Waals surface area contributed by atoms with Crippen molar-refractivity contribution in [3.8, 4) is 11.1 Å². The van der Waals surface area contributed by atoms with E-state index in [4.69, 9.17) is 0 Å². The maximum absolute atomic E-state index is 9.21. The lowest BCUT2D eigenvalue weighted by Gasteiger charge is -2.09. The first-order chi connectivity index (χ1) is 10.2. The van der Waals surface area contributed by atoms with Crippen molar-refractivity contribution in [2.75, 3.05) is 0 Å². The minimum Gasteiger partial charge on any atom is -0.392 e. The molecule has 0 saturated carbocycles. The minimum atomic E-state index is 0.0914. The molecule has 0 spiro atoms. The Kier molecular flexibility index (Phi) is 3.76. The van der Waals surface area contributed by atoms with Crippen LogP contribution in [0.5, 0.6) is 0 Å². The molecule has 1 heteroatoms. The topological polar surface area (TPSA) is 20.2 Å². The number of benzene rings is 3. The lowest BCUT2D eigenvalue weighted by atomic mass is 9.96. The normalized spacial score (nSPS) is 11.2. The molecule has 0 saturated heterocycles. The van der Waals surface area contributed by atoms with E-state index in [9.17, 15) is 5.11 Å². The van der Waals surface area contributed by atoms with Gasteiger partial charge < -0.3 is 5.11 Å². The van der Waals surface area contributed by atoms with Gasteiger partial charge in [-0.25, -0.2) is 0 Å². The van der Waals surface area contributed by atoms with Crippen LogP contribution in [0, 0.1) is 0 Å². The molecule has 0 atom stereocenters. The van der Waals surface area contributed by atoms with Crippen molar-refractivity contribution in [2.24, 2.45) is 0 Å². The molecule has 3 aromatic rings. The van der Waals surface area contributed by atoms with Gasteiger partial charge in [-0.3, -0.25) is 0 Å². The highest BCUT2D eigenvalue weighted by molar-refractivity contribution is 5.87. The van der Waals surface area contributed by atoms with Crippen LogP contribution in [0.3, 0.4) is 0 Å². The summed E-state index contributed by atoms with van der Waals surface area (Å²) in [7, 11) is 0. The summed E-state index contributed by atoms with van der Waals surface area (Å²) in [6.07, 6.45) is 0. The van der Waals surface area contributed by atoms with Crippen LogP contribution >= 0.6 is 0 Å². The molecule has 106 valence electrons. The predicted molar refractivity (Wildman–Crippen MR) is 89.4 cm³/mol. The molecular formula is C20H20O. The van der Waals surface area contributed by atoms with Crippen molar-refractivity contribution >= 4 is 10.8 Å². The van der Waals surface area contributed by atoms with Gasteiger partial charge in [-0.1, -0.05) is 62.4 Å². The lowest BCUT2D eigenvalue weighted by molar-refractivity contribution is 0.282. The zero-order valence-electron chi connectivity index (χ0n) is 12.5. The molecule has 0 aliphatic carbocycles. The van der Waals surface area contributed by atoms with Gasteiger partial charge in [0, 0.05) is 0 Å². The molecule has 1 N–H and O–H groups in total. The van der Waals surface area contributed by atoms with Crippen LogP contribution < -0.4 is 0 Å². The van der Waals surface area contributed by atoms with Crippen molar-refractivity contribution in [2.45, 2.75) is 26.4 Å². The van der Waals surface area contributed by atoms with E-state index in [0.717, 1.165) is 5.56 Å². The van der Waals surface area contributed by atoms with Crippen LogP contribution in [0.15, 0.2) is 60.7 Å². The summed E-state index contributed by atoms with van der Waals surface area (Å²) >= 11 is 0. The Balaban J connectivity index is 2.06. The lowest BCUT2D eigenvalue weighted by Crippen LogP contribution is -1.88. The second-order valence-electron chi connectivity index (χ2n) is 5.83. The third-order valence-electron chi connectivity index (χ3n) is 3.97. The second kappa shape index (κ2) is 5.71. The van der Waals surface area contributed by atoms with Gasteiger partial charge in [0.15, 0.2) is 0 Å². The molecule has 0 aliphatic rings. The average molecular weight is 276 g/mol. The van der Waals surface area contributed by atoms with Crippen LogP contribution in [-0.4, -0.2) is 5.11 Å². The maximum atomic E-state index is 9.21. The van der Waals surface area contributed by atoms with E-state index in [1.807, 2.05) is 12.1 Å². The first-order valence-electron chi connectivity index (χ1n) is 7.41. The quantitative estimate of drug-likeness (QED) is 0.703. The Hall–Kier alpha value is -2.12. The summed E-state index contributed by atoms with van der Waals surface area (Å²) in [6, 6.07) is 21.4. The molecule has 0 unspecified atom stereocenters. The van der Waals surface area contributed by atoms with Crippen molar-refractivity contribution in [3.05, 3.63) is 71.8 Å². The van der Waals surface area contributed by atoms with Gasteiger partial charge in [-0.2, -0.15) is 0 Å². The largest absolute Gasteiger partial charge is 0.392 e. The molecule has 0 aliphatic heterocycles. The molecule has 21 heavy (non-hydrogen) atoms. The summed E-state index contributed by atoms with van der Waals surface area (Å²) in [5.41, 5.74) is 4.82. The maximum Gasteiger partial charge on any atom is 0.0682 e. The smallest absolute Gasteiger partial charge is 0.0682 e.